The maximum absolute atomic E-state index is 13.0. The topological polar surface area (TPSA) is 57.2 Å². The molecule has 3 atom stereocenters. The van der Waals surface area contributed by atoms with Crippen LogP contribution in [-0.2, 0) is 10.1 Å². The molecule has 0 aliphatic heterocycles. The molecule has 0 saturated heterocycles. The summed E-state index contributed by atoms with van der Waals surface area (Å²) in [5.74, 6) is 5.33. The fourth-order valence-corrected chi connectivity index (χ4v) is 11.1. The Hall–Kier alpha value is -0.870. The molecule has 10 rings (SSSR count). The van der Waals surface area contributed by atoms with Crippen molar-refractivity contribution < 1.29 is 13.0 Å². The van der Waals surface area contributed by atoms with Crippen molar-refractivity contribution in [2.75, 3.05) is 0 Å². The molecule has 0 spiro atoms. The van der Waals surface area contributed by atoms with Crippen molar-refractivity contribution in [3.8, 4) is 0 Å². The van der Waals surface area contributed by atoms with E-state index in [1.807, 2.05) is 0 Å². The average molecular weight is 482 g/mol. The van der Waals surface area contributed by atoms with E-state index in [9.17, 15) is 13.0 Å². The Morgan fingerprint density at radius 3 is 1.21 bits per heavy atom. The number of rotatable bonds is 4. The first-order valence-electron chi connectivity index (χ1n) is 14.6. The number of fused-ring (bicyclic) bond motifs is 9. The first-order chi connectivity index (χ1) is 16.4. The van der Waals surface area contributed by atoms with Crippen molar-refractivity contribution in [2.45, 2.75) is 119 Å². The summed E-state index contributed by atoms with van der Waals surface area (Å²) in [6.07, 6.45) is 19.0. The summed E-state index contributed by atoms with van der Waals surface area (Å²) in [4.78, 5) is 0.257. The van der Waals surface area contributed by atoms with Crippen LogP contribution in [0.3, 0.4) is 0 Å². The van der Waals surface area contributed by atoms with E-state index in [1.54, 1.807) is 0 Å². The lowest BCUT2D eigenvalue weighted by atomic mass is 9.59. The van der Waals surface area contributed by atoms with Crippen LogP contribution in [0.15, 0.2) is 17.0 Å². The maximum atomic E-state index is 13.0. The van der Waals surface area contributed by atoms with Crippen LogP contribution in [-0.4, -0.2) is 13.0 Å². The van der Waals surface area contributed by atoms with Crippen LogP contribution < -0.4 is 0 Å². The molecule has 1 aromatic rings. The van der Waals surface area contributed by atoms with Gasteiger partial charge in [-0.15, -0.1) is 0 Å². The highest BCUT2D eigenvalue weighted by Crippen LogP contribution is 2.57. The van der Waals surface area contributed by atoms with Gasteiger partial charge in [0.2, 0.25) is 0 Å². The van der Waals surface area contributed by atoms with E-state index in [4.69, 9.17) is 0 Å². The number of benzene rings is 1. The SMILES string of the molecule is O=S(=O)([O-])c1c(C2CC3CCC2CC3)cc(C2CC3CCC2CC3)cc1C1CC2CCC1CC2. The zero-order chi connectivity index (χ0) is 23.0. The fraction of sp³-hybridized carbons (Fsp3) is 0.800. The second-order valence-electron chi connectivity index (χ2n) is 13.4. The molecule has 1 aromatic carbocycles. The minimum atomic E-state index is -4.50. The van der Waals surface area contributed by atoms with Gasteiger partial charge in [-0.05, 0) is 128 Å². The van der Waals surface area contributed by atoms with Crippen molar-refractivity contribution >= 4 is 10.1 Å². The molecular formula is C30H41O3S-. The molecule has 9 saturated carbocycles. The smallest absolute Gasteiger partial charge is 0.124 e. The summed E-state index contributed by atoms with van der Waals surface area (Å²) >= 11 is 0. The van der Waals surface area contributed by atoms with Gasteiger partial charge in [0.25, 0.3) is 0 Å². The van der Waals surface area contributed by atoms with E-state index in [0.29, 0.717) is 17.8 Å². The molecule has 0 radical (unpaired) electrons. The minimum Gasteiger partial charge on any atom is -0.744 e. The predicted molar refractivity (Wildman–Crippen MR) is 133 cm³/mol. The zero-order valence-corrected chi connectivity index (χ0v) is 21.4. The predicted octanol–water partition coefficient (Wildman–Crippen LogP) is 7.47. The van der Waals surface area contributed by atoms with Gasteiger partial charge >= 0.3 is 0 Å². The highest BCUT2D eigenvalue weighted by atomic mass is 32.2. The largest absolute Gasteiger partial charge is 0.744 e. The first kappa shape index (κ1) is 22.3. The summed E-state index contributed by atoms with van der Waals surface area (Å²) in [5, 5.41) is 0. The normalized spacial score (nSPS) is 43.4. The fourth-order valence-electron chi connectivity index (χ4n) is 10.1. The van der Waals surface area contributed by atoms with Crippen molar-refractivity contribution in [1.82, 2.24) is 0 Å². The van der Waals surface area contributed by atoms with E-state index in [1.165, 1.54) is 89.0 Å². The van der Waals surface area contributed by atoms with Gasteiger partial charge in [-0.25, -0.2) is 8.42 Å². The van der Waals surface area contributed by atoms with Gasteiger partial charge in [-0.2, -0.15) is 0 Å². The minimum absolute atomic E-state index is 0.257. The van der Waals surface area contributed by atoms with Crippen LogP contribution in [0.1, 0.15) is 131 Å². The molecule has 9 aliphatic rings. The van der Waals surface area contributed by atoms with Crippen LogP contribution in [0.2, 0.25) is 0 Å². The molecule has 9 fully saturated rings. The van der Waals surface area contributed by atoms with E-state index in [-0.39, 0.29) is 16.7 Å². The Labute approximate surface area is 206 Å². The lowest BCUT2D eigenvalue weighted by Gasteiger charge is -2.47. The first-order valence-corrected chi connectivity index (χ1v) is 16.0. The molecule has 6 bridgehead atoms. The lowest BCUT2D eigenvalue weighted by molar-refractivity contribution is 0.135. The molecule has 0 heterocycles. The number of hydrogen-bond donors (Lipinski definition) is 0. The van der Waals surface area contributed by atoms with Gasteiger partial charge in [0.15, 0.2) is 0 Å². The van der Waals surface area contributed by atoms with E-state index in [2.05, 4.69) is 12.1 Å². The van der Waals surface area contributed by atoms with Crippen LogP contribution in [0.5, 0.6) is 0 Å². The van der Waals surface area contributed by atoms with Crippen molar-refractivity contribution in [3.05, 3.63) is 28.8 Å². The van der Waals surface area contributed by atoms with Crippen molar-refractivity contribution in [1.29, 1.82) is 0 Å². The lowest BCUT2D eigenvalue weighted by Crippen LogP contribution is -2.34. The summed E-state index contributed by atoms with van der Waals surface area (Å²) < 4.78 is 39.1. The van der Waals surface area contributed by atoms with E-state index in [0.717, 1.165) is 47.6 Å². The number of hydrogen-bond acceptors (Lipinski definition) is 3. The highest BCUT2D eigenvalue weighted by molar-refractivity contribution is 7.85. The van der Waals surface area contributed by atoms with Crippen LogP contribution in [0, 0.1) is 35.5 Å². The quantitative estimate of drug-likeness (QED) is 0.419. The van der Waals surface area contributed by atoms with Crippen molar-refractivity contribution in [3.63, 3.8) is 0 Å². The molecule has 9 aliphatic carbocycles. The molecule has 0 N–H and O–H groups in total. The van der Waals surface area contributed by atoms with Gasteiger partial charge in [0, 0.05) is 0 Å². The molecule has 3 unspecified atom stereocenters. The third-order valence-corrected chi connectivity index (χ3v) is 12.8. The maximum Gasteiger partial charge on any atom is 0.124 e. The van der Waals surface area contributed by atoms with Crippen LogP contribution in [0.4, 0.5) is 0 Å². The second-order valence-corrected chi connectivity index (χ2v) is 14.7. The Kier molecular flexibility index (Phi) is 5.47. The van der Waals surface area contributed by atoms with Crippen LogP contribution in [0.25, 0.3) is 0 Å². The van der Waals surface area contributed by atoms with E-state index < -0.39 is 10.1 Å². The third-order valence-electron chi connectivity index (χ3n) is 11.8. The molecule has 0 aromatic heterocycles. The Balaban J connectivity index is 1.40. The van der Waals surface area contributed by atoms with Gasteiger partial charge in [-0.3, -0.25) is 0 Å². The van der Waals surface area contributed by atoms with E-state index >= 15 is 0 Å². The molecule has 0 amide bonds. The van der Waals surface area contributed by atoms with Crippen molar-refractivity contribution in [2.24, 2.45) is 35.5 Å². The molecule has 186 valence electrons. The second kappa shape index (κ2) is 8.33. The van der Waals surface area contributed by atoms with Crippen LogP contribution >= 0.6 is 0 Å². The summed E-state index contributed by atoms with van der Waals surface area (Å²) in [5.41, 5.74) is 3.36. The highest BCUT2D eigenvalue weighted by Gasteiger charge is 2.43. The summed E-state index contributed by atoms with van der Waals surface area (Å²) in [7, 11) is -4.50. The monoisotopic (exact) mass is 481 g/mol. The third kappa shape index (κ3) is 3.72. The standard InChI is InChI=1S/C30H42O3S/c31-34(32,33)30-28(26-14-19-3-9-22(26)10-4-19)16-24(25-13-18-1-7-21(25)8-2-18)17-29(30)27-15-20-5-11-23(27)12-6-20/h16-23,25-27H,1-15H2,(H,31,32,33)/p-1. The summed E-state index contributed by atoms with van der Waals surface area (Å²) in [6.45, 7) is 0. The Morgan fingerprint density at radius 1 is 0.559 bits per heavy atom. The van der Waals surface area contributed by atoms with Gasteiger partial charge < -0.3 is 4.55 Å². The van der Waals surface area contributed by atoms with Gasteiger partial charge in [-0.1, -0.05) is 50.7 Å². The van der Waals surface area contributed by atoms with Gasteiger partial charge in [0.1, 0.15) is 10.1 Å². The Bertz CT molecular complexity index is 986. The molecular weight excluding hydrogens is 440 g/mol. The Morgan fingerprint density at radius 2 is 0.912 bits per heavy atom. The zero-order valence-electron chi connectivity index (χ0n) is 20.6. The molecule has 3 nitrogen and oxygen atoms in total. The molecule has 34 heavy (non-hydrogen) atoms. The summed E-state index contributed by atoms with van der Waals surface area (Å²) in [6, 6.07) is 4.57. The molecule has 4 heteroatoms. The van der Waals surface area contributed by atoms with Gasteiger partial charge in [0.05, 0.1) is 4.90 Å². The average Bonchev–Trinajstić information content (AvgIpc) is 2.89.